The first-order chi connectivity index (χ1) is 17.3. The van der Waals surface area contributed by atoms with Crippen molar-refractivity contribution in [2.45, 2.75) is 25.7 Å². The lowest BCUT2D eigenvalue weighted by atomic mass is 10.1. The van der Waals surface area contributed by atoms with Crippen molar-refractivity contribution in [3.05, 3.63) is 101 Å². The summed E-state index contributed by atoms with van der Waals surface area (Å²) in [5.74, 6) is 0. The quantitative estimate of drug-likeness (QED) is 0.412. The van der Waals surface area contributed by atoms with Gasteiger partial charge in [0.2, 0.25) is 0 Å². The number of halogens is 3. The first-order valence-corrected chi connectivity index (χ1v) is 12.2. The Hall–Kier alpha value is -3.34. The minimum absolute atomic E-state index is 0.614. The van der Waals surface area contributed by atoms with Crippen LogP contribution in [0, 0.1) is 11.3 Å². The van der Waals surface area contributed by atoms with Crippen LogP contribution in [0.4, 0.5) is 18.9 Å². The molecule has 4 rings (SSSR count). The highest BCUT2D eigenvalue weighted by molar-refractivity contribution is 5.53. The van der Waals surface area contributed by atoms with E-state index < -0.39 is 11.7 Å². The van der Waals surface area contributed by atoms with E-state index in [4.69, 9.17) is 0 Å². The summed E-state index contributed by atoms with van der Waals surface area (Å²) in [7, 11) is 2.08. The predicted octanol–water partition coefficient (Wildman–Crippen LogP) is 5.57. The van der Waals surface area contributed by atoms with Crippen LogP contribution in [-0.2, 0) is 25.7 Å². The average molecular weight is 493 g/mol. The van der Waals surface area contributed by atoms with Gasteiger partial charge in [-0.15, -0.1) is 0 Å². The molecule has 1 heterocycles. The van der Waals surface area contributed by atoms with Crippen LogP contribution in [-0.4, -0.2) is 49.6 Å². The maximum atomic E-state index is 12.8. The number of anilines is 1. The van der Waals surface area contributed by atoms with Crippen molar-refractivity contribution < 1.29 is 13.2 Å². The fourth-order valence-corrected chi connectivity index (χ4v) is 4.53. The molecular weight excluding hydrogens is 461 g/mol. The summed E-state index contributed by atoms with van der Waals surface area (Å²) >= 11 is 0. The molecule has 7 heteroatoms. The molecule has 0 bridgehead atoms. The Morgan fingerprint density at radius 1 is 0.833 bits per heavy atom. The van der Waals surface area contributed by atoms with E-state index in [1.54, 1.807) is 12.1 Å². The number of nitrogens with zero attached hydrogens (tertiary/aromatic N) is 4. The molecule has 1 fully saturated rings. The first-order valence-electron chi connectivity index (χ1n) is 12.2. The van der Waals surface area contributed by atoms with Crippen LogP contribution in [0.1, 0.15) is 27.8 Å². The van der Waals surface area contributed by atoms with Gasteiger partial charge in [0, 0.05) is 58.5 Å². The van der Waals surface area contributed by atoms with Crippen LogP contribution in [0.15, 0.2) is 72.8 Å². The second-order valence-electron chi connectivity index (χ2n) is 9.36. The smallest absolute Gasteiger partial charge is 0.374 e. The third kappa shape index (κ3) is 6.87. The molecule has 0 aromatic heterocycles. The van der Waals surface area contributed by atoms with Gasteiger partial charge >= 0.3 is 6.18 Å². The van der Waals surface area contributed by atoms with Gasteiger partial charge in [-0.1, -0.05) is 42.5 Å². The van der Waals surface area contributed by atoms with Crippen LogP contribution in [0.5, 0.6) is 0 Å². The lowest BCUT2D eigenvalue weighted by molar-refractivity contribution is -0.137. The molecule has 1 saturated heterocycles. The van der Waals surface area contributed by atoms with Crippen LogP contribution in [0.25, 0.3) is 0 Å². The molecule has 36 heavy (non-hydrogen) atoms. The molecular formula is C29H31F3N4. The highest BCUT2D eigenvalue weighted by Gasteiger charge is 2.30. The third-order valence-electron chi connectivity index (χ3n) is 6.78. The van der Waals surface area contributed by atoms with Crippen molar-refractivity contribution >= 4 is 5.69 Å². The zero-order chi connectivity index (χ0) is 25.5. The standard InChI is InChI=1S/C29H31F3N4/c1-34(14-13-23-5-3-2-4-6-23)28-12-9-25(20-33)26(19-28)22-36-17-15-35(16-18-36)21-24-7-10-27(11-8-24)29(30,31)32/h2-12,19H,13-18,21-22H2,1H3. The average Bonchev–Trinajstić information content (AvgIpc) is 2.89. The second-order valence-corrected chi connectivity index (χ2v) is 9.36. The summed E-state index contributed by atoms with van der Waals surface area (Å²) in [6, 6.07) is 24.2. The van der Waals surface area contributed by atoms with Gasteiger partial charge in [-0.2, -0.15) is 18.4 Å². The molecule has 1 aliphatic heterocycles. The van der Waals surface area contributed by atoms with Gasteiger partial charge < -0.3 is 4.90 Å². The topological polar surface area (TPSA) is 33.5 Å². The van der Waals surface area contributed by atoms with E-state index in [-0.39, 0.29) is 0 Å². The van der Waals surface area contributed by atoms with Gasteiger partial charge in [-0.05, 0) is 53.4 Å². The van der Waals surface area contributed by atoms with E-state index in [2.05, 4.69) is 58.1 Å². The van der Waals surface area contributed by atoms with E-state index in [9.17, 15) is 18.4 Å². The van der Waals surface area contributed by atoms with Gasteiger partial charge in [-0.25, -0.2) is 0 Å². The van der Waals surface area contributed by atoms with Gasteiger partial charge in [-0.3, -0.25) is 9.80 Å². The van der Waals surface area contributed by atoms with E-state index >= 15 is 0 Å². The minimum Gasteiger partial charge on any atom is -0.374 e. The van der Waals surface area contributed by atoms with Crippen molar-refractivity contribution in [1.29, 1.82) is 5.26 Å². The Morgan fingerprint density at radius 2 is 1.47 bits per heavy atom. The minimum atomic E-state index is -4.31. The Bertz CT molecular complexity index is 1160. The van der Waals surface area contributed by atoms with E-state index in [0.717, 1.165) is 68.1 Å². The second kappa shape index (κ2) is 11.6. The van der Waals surface area contributed by atoms with Crippen LogP contribution < -0.4 is 4.90 Å². The molecule has 0 amide bonds. The van der Waals surface area contributed by atoms with Crippen molar-refractivity contribution in [2.24, 2.45) is 0 Å². The normalized spacial score (nSPS) is 15.0. The van der Waals surface area contributed by atoms with Gasteiger partial charge in [0.05, 0.1) is 17.2 Å². The first kappa shape index (κ1) is 25.7. The van der Waals surface area contributed by atoms with Gasteiger partial charge in [0.25, 0.3) is 0 Å². The van der Waals surface area contributed by atoms with Crippen molar-refractivity contribution in [3.63, 3.8) is 0 Å². The van der Waals surface area contributed by atoms with Crippen molar-refractivity contribution in [1.82, 2.24) is 9.80 Å². The van der Waals surface area contributed by atoms with Crippen LogP contribution >= 0.6 is 0 Å². The van der Waals surface area contributed by atoms with Crippen LogP contribution in [0.3, 0.4) is 0 Å². The van der Waals surface area contributed by atoms with E-state index in [1.807, 2.05) is 18.2 Å². The fraction of sp³-hybridized carbons (Fsp3) is 0.345. The monoisotopic (exact) mass is 492 g/mol. The zero-order valence-electron chi connectivity index (χ0n) is 20.5. The summed E-state index contributed by atoms with van der Waals surface area (Å²) in [6.45, 7) is 5.59. The Kier molecular flexibility index (Phi) is 8.29. The van der Waals surface area contributed by atoms with Gasteiger partial charge in [0.15, 0.2) is 0 Å². The third-order valence-corrected chi connectivity index (χ3v) is 6.78. The van der Waals surface area contributed by atoms with Crippen molar-refractivity contribution in [2.75, 3.05) is 44.7 Å². The molecule has 0 aliphatic carbocycles. The highest BCUT2D eigenvalue weighted by Crippen LogP contribution is 2.29. The molecule has 0 unspecified atom stereocenters. The highest BCUT2D eigenvalue weighted by atomic mass is 19.4. The zero-order valence-corrected chi connectivity index (χ0v) is 20.5. The SMILES string of the molecule is CN(CCc1ccccc1)c1ccc(C#N)c(CN2CCN(Cc3ccc(C(F)(F)F)cc3)CC2)c1. The number of alkyl halides is 3. The summed E-state index contributed by atoms with van der Waals surface area (Å²) in [5, 5.41) is 9.64. The molecule has 0 atom stereocenters. The molecule has 4 nitrogen and oxygen atoms in total. The Labute approximate surface area is 211 Å². The molecule has 3 aromatic rings. The lowest BCUT2D eigenvalue weighted by Gasteiger charge is -2.35. The number of benzene rings is 3. The lowest BCUT2D eigenvalue weighted by Crippen LogP contribution is -2.45. The number of likely N-dealkylation sites (N-methyl/N-ethyl adjacent to an activating group) is 1. The largest absolute Gasteiger partial charge is 0.416 e. The maximum Gasteiger partial charge on any atom is 0.416 e. The van der Waals surface area contributed by atoms with Crippen molar-refractivity contribution in [3.8, 4) is 6.07 Å². The van der Waals surface area contributed by atoms with E-state index in [0.29, 0.717) is 18.7 Å². The molecule has 3 aromatic carbocycles. The number of rotatable bonds is 8. The summed E-state index contributed by atoms with van der Waals surface area (Å²) in [5.41, 5.74) is 4.39. The van der Waals surface area contributed by atoms with Crippen LogP contribution in [0.2, 0.25) is 0 Å². The molecule has 0 radical (unpaired) electrons. The molecule has 188 valence electrons. The molecule has 0 saturated carbocycles. The molecule has 0 N–H and O–H groups in total. The molecule has 1 aliphatic rings. The number of hydrogen-bond acceptors (Lipinski definition) is 4. The number of hydrogen-bond donors (Lipinski definition) is 0. The number of piperazine rings is 1. The number of nitriles is 1. The fourth-order valence-electron chi connectivity index (χ4n) is 4.53. The maximum absolute atomic E-state index is 12.8. The summed E-state index contributed by atoms with van der Waals surface area (Å²) < 4.78 is 38.4. The summed E-state index contributed by atoms with van der Waals surface area (Å²) in [4.78, 5) is 6.82. The van der Waals surface area contributed by atoms with Gasteiger partial charge in [0.1, 0.15) is 0 Å². The Morgan fingerprint density at radius 3 is 2.08 bits per heavy atom. The van der Waals surface area contributed by atoms with E-state index in [1.165, 1.54) is 5.56 Å². The Balaban J connectivity index is 1.31. The summed E-state index contributed by atoms with van der Waals surface area (Å²) in [6.07, 6.45) is -3.35. The predicted molar refractivity (Wildman–Crippen MR) is 137 cm³/mol. The molecule has 0 spiro atoms.